The molecule has 0 spiro atoms. The van der Waals surface area contributed by atoms with Gasteiger partial charge >= 0.3 is 0 Å². The molecule has 88 valence electrons. The zero-order chi connectivity index (χ0) is 12.3. The maximum absolute atomic E-state index is 12.0. The molecule has 0 radical (unpaired) electrons. The third-order valence-electron chi connectivity index (χ3n) is 2.37. The monoisotopic (exact) mass is 223 g/mol. The van der Waals surface area contributed by atoms with E-state index in [1.54, 1.807) is 27.3 Å². The molecule has 0 saturated carbocycles. The lowest BCUT2D eigenvalue weighted by molar-refractivity contribution is 0.0823. The highest BCUT2D eigenvalue weighted by atomic mass is 16.5. The fraction of sp³-hybridized carbons (Fsp3) is 0.417. The molecule has 1 aromatic carbocycles. The van der Waals surface area contributed by atoms with Gasteiger partial charge in [0.25, 0.3) is 5.91 Å². The highest BCUT2D eigenvalue weighted by Gasteiger charge is 2.20. The number of carbonyl (C=O) groups excluding carboxylic acids is 1. The van der Waals surface area contributed by atoms with Crippen LogP contribution in [0, 0.1) is 6.92 Å². The highest BCUT2D eigenvalue weighted by Crippen LogP contribution is 2.33. The SMILES string of the molecule is COc1ccc(C)c(C(=O)N(C)C)c1OC. The molecule has 16 heavy (non-hydrogen) atoms. The summed E-state index contributed by atoms with van der Waals surface area (Å²) in [5.74, 6) is 0.966. The number of nitrogens with zero attached hydrogens (tertiary/aromatic N) is 1. The summed E-state index contributed by atoms with van der Waals surface area (Å²) in [6, 6.07) is 3.64. The van der Waals surface area contributed by atoms with Crippen LogP contribution in [0.3, 0.4) is 0 Å². The second-order valence-corrected chi connectivity index (χ2v) is 3.69. The highest BCUT2D eigenvalue weighted by molar-refractivity contribution is 5.99. The van der Waals surface area contributed by atoms with Crippen molar-refractivity contribution in [3.63, 3.8) is 0 Å². The Bertz CT molecular complexity index is 399. The molecule has 0 aliphatic carbocycles. The Hall–Kier alpha value is -1.71. The molecule has 0 unspecified atom stereocenters. The summed E-state index contributed by atoms with van der Waals surface area (Å²) >= 11 is 0. The summed E-state index contributed by atoms with van der Waals surface area (Å²) < 4.78 is 10.4. The van der Waals surface area contributed by atoms with Gasteiger partial charge in [-0.3, -0.25) is 4.79 Å². The van der Waals surface area contributed by atoms with Gasteiger partial charge in [0.15, 0.2) is 11.5 Å². The molecule has 0 heterocycles. The van der Waals surface area contributed by atoms with E-state index in [1.807, 2.05) is 13.0 Å². The maximum Gasteiger partial charge on any atom is 0.257 e. The minimum atomic E-state index is -0.0896. The fourth-order valence-electron chi connectivity index (χ4n) is 1.51. The molecule has 1 amide bonds. The minimum Gasteiger partial charge on any atom is -0.493 e. The van der Waals surface area contributed by atoms with Crippen LogP contribution in [0.15, 0.2) is 12.1 Å². The number of hydrogen-bond donors (Lipinski definition) is 0. The van der Waals surface area contributed by atoms with Gasteiger partial charge in [0, 0.05) is 14.1 Å². The van der Waals surface area contributed by atoms with Crippen molar-refractivity contribution in [1.29, 1.82) is 0 Å². The standard InChI is InChI=1S/C12H17NO3/c1-8-6-7-9(15-4)11(16-5)10(8)12(14)13(2)3/h6-7H,1-5H3. The molecule has 0 atom stereocenters. The van der Waals surface area contributed by atoms with Crippen LogP contribution >= 0.6 is 0 Å². The summed E-state index contributed by atoms with van der Waals surface area (Å²) in [6.07, 6.45) is 0. The Morgan fingerprint density at radius 1 is 1.19 bits per heavy atom. The van der Waals surface area contributed by atoms with E-state index in [2.05, 4.69) is 0 Å². The topological polar surface area (TPSA) is 38.8 Å². The molecule has 0 aromatic heterocycles. The van der Waals surface area contributed by atoms with E-state index in [1.165, 1.54) is 12.0 Å². The van der Waals surface area contributed by atoms with Crippen LogP contribution in [0.4, 0.5) is 0 Å². The van der Waals surface area contributed by atoms with Gasteiger partial charge in [-0.2, -0.15) is 0 Å². The number of benzene rings is 1. The molecule has 0 aliphatic heterocycles. The van der Waals surface area contributed by atoms with Gasteiger partial charge in [-0.1, -0.05) is 6.07 Å². The van der Waals surface area contributed by atoms with E-state index in [0.717, 1.165) is 5.56 Å². The second kappa shape index (κ2) is 4.88. The van der Waals surface area contributed by atoms with Crippen LogP contribution in [-0.4, -0.2) is 39.1 Å². The molecular formula is C12H17NO3. The van der Waals surface area contributed by atoms with Crippen LogP contribution in [-0.2, 0) is 0 Å². The predicted octanol–water partition coefficient (Wildman–Crippen LogP) is 1.71. The number of carbonyl (C=O) groups is 1. The van der Waals surface area contributed by atoms with E-state index in [-0.39, 0.29) is 5.91 Å². The van der Waals surface area contributed by atoms with E-state index < -0.39 is 0 Å². The van der Waals surface area contributed by atoms with Crippen LogP contribution in [0.5, 0.6) is 11.5 Å². The van der Waals surface area contributed by atoms with Crippen molar-refractivity contribution in [1.82, 2.24) is 4.90 Å². The lowest BCUT2D eigenvalue weighted by atomic mass is 10.1. The van der Waals surface area contributed by atoms with Gasteiger partial charge in [-0.15, -0.1) is 0 Å². The molecule has 0 bridgehead atoms. The molecule has 0 N–H and O–H groups in total. The Balaban J connectivity index is 3.40. The van der Waals surface area contributed by atoms with Crippen molar-refractivity contribution in [2.45, 2.75) is 6.92 Å². The normalized spacial score (nSPS) is 9.81. The summed E-state index contributed by atoms with van der Waals surface area (Å²) in [6.45, 7) is 1.87. The number of aryl methyl sites for hydroxylation is 1. The Morgan fingerprint density at radius 2 is 1.81 bits per heavy atom. The summed E-state index contributed by atoms with van der Waals surface area (Å²) in [4.78, 5) is 13.5. The van der Waals surface area contributed by atoms with Gasteiger partial charge in [0.1, 0.15) is 0 Å². The lowest BCUT2D eigenvalue weighted by Gasteiger charge is -2.17. The van der Waals surface area contributed by atoms with Crippen LogP contribution in [0.1, 0.15) is 15.9 Å². The zero-order valence-electron chi connectivity index (χ0n) is 10.3. The fourth-order valence-corrected chi connectivity index (χ4v) is 1.51. The zero-order valence-corrected chi connectivity index (χ0v) is 10.3. The predicted molar refractivity (Wildman–Crippen MR) is 62.3 cm³/mol. The quantitative estimate of drug-likeness (QED) is 0.783. The summed E-state index contributed by atoms with van der Waals surface area (Å²) in [5, 5.41) is 0. The van der Waals surface area contributed by atoms with Crippen molar-refractivity contribution in [2.75, 3.05) is 28.3 Å². The first-order chi connectivity index (χ1) is 7.52. The molecule has 4 heteroatoms. The molecule has 4 nitrogen and oxygen atoms in total. The van der Waals surface area contributed by atoms with Gasteiger partial charge in [0.05, 0.1) is 19.8 Å². The van der Waals surface area contributed by atoms with Gasteiger partial charge in [0.2, 0.25) is 0 Å². The third-order valence-corrected chi connectivity index (χ3v) is 2.37. The molecule has 1 aromatic rings. The smallest absolute Gasteiger partial charge is 0.257 e. The first-order valence-corrected chi connectivity index (χ1v) is 4.96. The third kappa shape index (κ3) is 2.10. The number of ether oxygens (including phenoxy) is 2. The second-order valence-electron chi connectivity index (χ2n) is 3.69. The van der Waals surface area contributed by atoms with Crippen molar-refractivity contribution >= 4 is 5.91 Å². The Morgan fingerprint density at radius 3 is 2.25 bits per heavy atom. The first-order valence-electron chi connectivity index (χ1n) is 4.96. The largest absolute Gasteiger partial charge is 0.493 e. The molecule has 1 rings (SSSR count). The average molecular weight is 223 g/mol. The van der Waals surface area contributed by atoms with Crippen molar-refractivity contribution in [3.05, 3.63) is 23.3 Å². The number of amides is 1. The Kier molecular flexibility index (Phi) is 3.77. The summed E-state index contributed by atoms with van der Waals surface area (Å²) in [5.41, 5.74) is 1.42. The van der Waals surface area contributed by atoms with Crippen LogP contribution in [0.2, 0.25) is 0 Å². The van der Waals surface area contributed by atoms with Gasteiger partial charge < -0.3 is 14.4 Å². The van der Waals surface area contributed by atoms with Crippen LogP contribution in [0.25, 0.3) is 0 Å². The van der Waals surface area contributed by atoms with Crippen LogP contribution < -0.4 is 9.47 Å². The molecular weight excluding hydrogens is 206 g/mol. The first kappa shape index (κ1) is 12.4. The van der Waals surface area contributed by atoms with E-state index in [0.29, 0.717) is 17.1 Å². The number of hydrogen-bond acceptors (Lipinski definition) is 3. The van der Waals surface area contributed by atoms with Gasteiger partial charge in [-0.25, -0.2) is 0 Å². The molecule has 0 aliphatic rings. The van der Waals surface area contributed by atoms with E-state index in [4.69, 9.17) is 9.47 Å². The Labute approximate surface area is 95.8 Å². The van der Waals surface area contributed by atoms with E-state index >= 15 is 0 Å². The number of methoxy groups -OCH3 is 2. The molecule has 0 fully saturated rings. The van der Waals surface area contributed by atoms with Gasteiger partial charge in [-0.05, 0) is 18.6 Å². The van der Waals surface area contributed by atoms with Crippen molar-refractivity contribution < 1.29 is 14.3 Å². The summed E-state index contributed by atoms with van der Waals surface area (Å²) in [7, 11) is 6.50. The average Bonchev–Trinajstić information content (AvgIpc) is 2.27. The van der Waals surface area contributed by atoms with Crippen molar-refractivity contribution in [2.24, 2.45) is 0 Å². The van der Waals surface area contributed by atoms with Crippen molar-refractivity contribution in [3.8, 4) is 11.5 Å². The maximum atomic E-state index is 12.0. The number of rotatable bonds is 3. The van der Waals surface area contributed by atoms with E-state index in [9.17, 15) is 4.79 Å². The molecule has 0 saturated heterocycles. The lowest BCUT2D eigenvalue weighted by Crippen LogP contribution is -2.23. The minimum absolute atomic E-state index is 0.0896.